The first kappa shape index (κ1) is 17.0. The third-order valence-electron chi connectivity index (χ3n) is 2.64. The maximum absolute atomic E-state index is 11.9. The van der Waals surface area contributed by atoms with Gasteiger partial charge in [0.25, 0.3) is 0 Å². The number of hydrogen-bond acceptors (Lipinski definition) is 5. The Morgan fingerprint density at radius 1 is 1.43 bits per heavy atom. The van der Waals surface area contributed by atoms with E-state index in [2.05, 4.69) is 21.3 Å². The first-order valence-corrected chi connectivity index (χ1v) is 7.90. The van der Waals surface area contributed by atoms with Crippen molar-refractivity contribution in [3.63, 3.8) is 0 Å². The van der Waals surface area contributed by atoms with Crippen molar-refractivity contribution in [3.05, 3.63) is 29.3 Å². The van der Waals surface area contributed by atoms with Crippen LogP contribution < -0.4 is 10.5 Å². The number of methoxy groups -OCH3 is 1. The van der Waals surface area contributed by atoms with Gasteiger partial charge in [-0.15, -0.1) is 0 Å². The summed E-state index contributed by atoms with van der Waals surface area (Å²) in [6.45, 7) is 2.10. The Labute approximate surface area is 124 Å². The minimum atomic E-state index is -3.61. The highest BCUT2D eigenvalue weighted by molar-refractivity contribution is 7.92. The van der Waals surface area contributed by atoms with E-state index < -0.39 is 16.0 Å². The second-order valence-electron chi connectivity index (χ2n) is 4.28. The highest BCUT2D eigenvalue weighted by atomic mass is 32.2. The zero-order valence-corrected chi connectivity index (χ0v) is 12.8. The van der Waals surface area contributed by atoms with Crippen molar-refractivity contribution in [2.24, 2.45) is 5.73 Å². The summed E-state index contributed by atoms with van der Waals surface area (Å²) >= 11 is 0. The van der Waals surface area contributed by atoms with E-state index in [0.717, 1.165) is 5.56 Å². The SMILES string of the molecule is COC(=O)CCS(=O)(=O)Nc1ccc(C)c(C#CCN)c1. The lowest BCUT2D eigenvalue weighted by Gasteiger charge is -2.09. The third kappa shape index (κ3) is 5.85. The van der Waals surface area contributed by atoms with Crippen LogP contribution in [0.25, 0.3) is 0 Å². The standard InChI is InChI=1S/C14H18N2O4S/c1-11-5-6-13(10-12(11)4-3-8-15)16-21(18,19)9-7-14(17)20-2/h5-6,10,16H,7-9,15H2,1-2H3. The Morgan fingerprint density at radius 2 is 2.14 bits per heavy atom. The van der Waals surface area contributed by atoms with Gasteiger partial charge in [-0.25, -0.2) is 8.42 Å². The number of ether oxygens (including phenoxy) is 1. The summed E-state index contributed by atoms with van der Waals surface area (Å²) in [6, 6.07) is 5.03. The molecule has 0 atom stereocenters. The average molecular weight is 310 g/mol. The summed E-state index contributed by atoms with van der Waals surface area (Å²) in [6.07, 6.45) is -0.197. The largest absolute Gasteiger partial charge is 0.469 e. The molecular formula is C14H18N2O4S. The smallest absolute Gasteiger partial charge is 0.306 e. The van der Waals surface area contributed by atoms with Crippen LogP contribution >= 0.6 is 0 Å². The van der Waals surface area contributed by atoms with Crippen LogP contribution in [0.15, 0.2) is 18.2 Å². The molecule has 0 saturated carbocycles. The molecule has 3 N–H and O–H groups in total. The molecule has 1 aromatic rings. The lowest BCUT2D eigenvalue weighted by molar-refractivity contribution is -0.140. The summed E-state index contributed by atoms with van der Waals surface area (Å²) in [7, 11) is -2.40. The maximum Gasteiger partial charge on any atom is 0.306 e. The molecule has 0 aliphatic carbocycles. The topological polar surface area (TPSA) is 98.5 Å². The van der Waals surface area contributed by atoms with Crippen molar-refractivity contribution >= 4 is 21.7 Å². The number of esters is 1. The lowest BCUT2D eigenvalue weighted by Crippen LogP contribution is -2.19. The quantitative estimate of drug-likeness (QED) is 0.613. The summed E-state index contributed by atoms with van der Waals surface area (Å²) in [5, 5.41) is 0. The number of anilines is 1. The van der Waals surface area contributed by atoms with E-state index in [0.29, 0.717) is 11.3 Å². The van der Waals surface area contributed by atoms with Gasteiger partial charge in [0.1, 0.15) is 0 Å². The number of sulfonamides is 1. The van der Waals surface area contributed by atoms with Gasteiger partial charge < -0.3 is 10.5 Å². The molecule has 114 valence electrons. The van der Waals surface area contributed by atoms with Gasteiger partial charge >= 0.3 is 5.97 Å². The van der Waals surface area contributed by atoms with Crippen LogP contribution in [0.5, 0.6) is 0 Å². The molecule has 0 radical (unpaired) electrons. The van der Waals surface area contributed by atoms with E-state index in [1.807, 2.05) is 6.92 Å². The van der Waals surface area contributed by atoms with Crippen molar-refractivity contribution in [3.8, 4) is 11.8 Å². The van der Waals surface area contributed by atoms with Crippen molar-refractivity contribution in [2.75, 3.05) is 24.1 Å². The number of carbonyl (C=O) groups excluding carboxylic acids is 1. The molecule has 0 unspecified atom stereocenters. The van der Waals surface area contributed by atoms with Gasteiger partial charge in [-0.2, -0.15) is 0 Å². The summed E-state index contributed by atoms with van der Waals surface area (Å²) < 4.78 is 30.5. The summed E-state index contributed by atoms with van der Waals surface area (Å²) in [5.74, 6) is 4.69. The van der Waals surface area contributed by atoms with Gasteiger partial charge in [0, 0.05) is 11.3 Å². The fraction of sp³-hybridized carbons (Fsp3) is 0.357. The lowest BCUT2D eigenvalue weighted by atomic mass is 10.1. The van der Waals surface area contributed by atoms with E-state index >= 15 is 0 Å². The molecule has 0 fully saturated rings. The van der Waals surface area contributed by atoms with E-state index in [9.17, 15) is 13.2 Å². The Bertz CT molecular complexity index is 672. The van der Waals surface area contributed by atoms with Crippen LogP contribution in [-0.2, 0) is 19.6 Å². The first-order valence-electron chi connectivity index (χ1n) is 6.25. The average Bonchev–Trinajstić information content (AvgIpc) is 2.45. The molecular weight excluding hydrogens is 292 g/mol. The van der Waals surface area contributed by atoms with E-state index in [-0.39, 0.29) is 18.7 Å². The van der Waals surface area contributed by atoms with Crippen LogP contribution in [0.3, 0.4) is 0 Å². The van der Waals surface area contributed by atoms with Crippen molar-refractivity contribution in [1.29, 1.82) is 0 Å². The van der Waals surface area contributed by atoms with Gasteiger partial charge in [0.05, 0.1) is 25.8 Å². The molecule has 0 amide bonds. The Balaban J connectivity index is 2.85. The molecule has 0 aliphatic rings. The molecule has 21 heavy (non-hydrogen) atoms. The zero-order chi connectivity index (χ0) is 15.9. The number of nitrogens with two attached hydrogens (primary N) is 1. The van der Waals surface area contributed by atoms with Gasteiger partial charge in [0.2, 0.25) is 10.0 Å². The van der Waals surface area contributed by atoms with Crippen LogP contribution in [0.2, 0.25) is 0 Å². The molecule has 1 aromatic carbocycles. The van der Waals surface area contributed by atoms with Crippen molar-refractivity contribution < 1.29 is 17.9 Å². The van der Waals surface area contributed by atoms with Gasteiger partial charge in [-0.3, -0.25) is 9.52 Å². The predicted molar refractivity (Wildman–Crippen MR) is 81.2 cm³/mol. The van der Waals surface area contributed by atoms with Crippen LogP contribution in [0.1, 0.15) is 17.5 Å². The number of hydrogen-bond donors (Lipinski definition) is 2. The highest BCUT2D eigenvalue weighted by Gasteiger charge is 2.14. The molecule has 0 saturated heterocycles. The summed E-state index contributed by atoms with van der Waals surface area (Å²) in [5.41, 5.74) is 7.34. The molecule has 6 nitrogen and oxygen atoms in total. The summed E-state index contributed by atoms with van der Waals surface area (Å²) in [4.78, 5) is 11.0. The number of rotatable bonds is 5. The van der Waals surface area contributed by atoms with Gasteiger partial charge in [-0.05, 0) is 24.6 Å². The minimum Gasteiger partial charge on any atom is -0.469 e. The predicted octanol–water partition coefficient (Wildman–Crippen LogP) is 0.610. The highest BCUT2D eigenvalue weighted by Crippen LogP contribution is 2.16. The maximum atomic E-state index is 11.9. The number of benzene rings is 1. The number of carbonyl (C=O) groups is 1. The molecule has 1 rings (SSSR count). The number of aryl methyl sites for hydroxylation is 1. The fourth-order valence-electron chi connectivity index (χ4n) is 1.52. The normalized spacial score (nSPS) is 10.4. The Morgan fingerprint density at radius 3 is 2.76 bits per heavy atom. The zero-order valence-electron chi connectivity index (χ0n) is 12.0. The van der Waals surface area contributed by atoms with E-state index in [4.69, 9.17) is 5.73 Å². The third-order valence-corrected chi connectivity index (χ3v) is 3.93. The minimum absolute atomic E-state index is 0.197. The second kappa shape index (κ2) is 7.67. The molecule has 0 aliphatic heterocycles. The van der Waals surface area contributed by atoms with E-state index in [1.54, 1.807) is 18.2 Å². The van der Waals surface area contributed by atoms with Crippen LogP contribution in [-0.4, -0.2) is 33.8 Å². The fourth-order valence-corrected chi connectivity index (χ4v) is 2.54. The van der Waals surface area contributed by atoms with Crippen LogP contribution in [0.4, 0.5) is 5.69 Å². The van der Waals surface area contributed by atoms with Gasteiger partial charge in [0.15, 0.2) is 0 Å². The molecule has 7 heteroatoms. The molecule has 0 spiro atoms. The Hall–Kier alpha value is -2.04. The number of nitrogens with one attached hydrogen (secondary N) is 1. The Kier molecular flexibility index (Phi) is 6.21. The van der Waals surface area contributed by atoms with E-state index in [1.165, 1.54) is 7.11 Å². The van der Waals surface area contributed by atoms with Crippen molar-refractivity contribution in [1.82, 2.24) is 0 Å². The van der Waals surface area contributed by atoms with Crippen molar-refractivity contribution in [2.45, 2.75) is 13.3 Å². The monoisotopic (exact) mass is 310 g/mol. The molecule has 0 aromatic heterocycles. The second-order valence-corrected chi connectivity index (χ2v) is 6.12. The van der Waals surface area contributed by atoms with Crippen LogP contribution in [0, 0.1) is 18.8 Å². The first-order chi connectivity index (χ1) is 9.88. The molecule has 0 heterocycles. The molecule has 0 bridgehead atoms. The van der Waals surface area contributed by atoms with Gasteiger partial charge in [-0.1, -0.05) is 17.9 Å².